The minimum Gasteiger partial charge on any atom is -0.480 e. The van der Waals surface area contributed by atoms with Gasteiger partial charge in [-0.2, -0.15) is 16.9 Å². The summed E-state index contributed by atoms with van der Waals surface area (Å²) in [6.07, 6.45) is 2.96. The first-order chi connectivity index (χ1) is 9.35. The van der Waals surface area contributed by atoms with E-state index in [9.17, 15) is 9.59 Å². The molecule has 1 saturated heterocycles. The van der Waals surface area contributed by atoms with Crippen molar-refractivity contribution in [3.63, 3.8) is 0 Å². The van der Waals surface area contributed by atoms with Gasteiger partial charge in [-0.05, 0) is 13.8 Å². The maximum Gasteiger partial charge on any atom is 0.325 e. The van der Waals surface area contributed by atoms with Gasteiger partial charge in [0.1, 0.15) is 6.54 Å². The van der Waals surface area contributed by atoms with E-state index < -0.39 is 5.97 Å². The van der Waals surface area contributed by atoms with E-state index in [-0.39, 0.29) is 17.3 Å². The fraction of sp³-hybridized carbons (Fsp3) is 0.583. The molecule has 8 heteroatoms. The molecule has 2 N–H and O–H groups in total. The number of aromatic nitrogens is 2. The molecule has 1 aliphatic rings. The zero-order chi connectivity index (χ0) is 14.8. The second kappa shape index (κ2) is 5.74. The summed E-state index contributed by atoms with van der Waals surface area (Å²) in [5, 5.41) is 15.3. The number of carbonyl (C=O) groups excluding carboxylic acids is 1. The Balaban J connectivity index is 1.94. The van der Waals surface area contributed by atoms with E-state index in [4.69, 9.17) is 5.11 Å². The van der Waals surface area contributed by atoms with Crippen molar-refractivity contribution in [2.24, 2.45) is 0 Å². The number of anilines is 1. The van der Waals surface area contributed by atoms with Crippen LogP contribution in [0.1, 0.15) is 13.8 Å². The molecule has 20 heavy (non-hydrogen) atoms. The minimum absolute atomic E-state index is 0.0586. The molecule has 2 rings (SSSR count). The number of urea groups is 1. The number of amides is 2. The fourth-order valence-corrected chi connectivity index (χ4v) is 3.16. The van der Waals surface area contributed by atoms with E-state index in [0.29, 0.717) is 18.8 Å². The summed E-state index contributed by atoms with van der Waals surface area (Å²) in [5.74, 6) is -0.0561. The molecular weight excluding hydrogens is 280 g/mol. The number of aliphatic carboxylic acids is 1. The van der Waals surface area contributed by atoms with Crippen LogP contribution < -0.4 is 5.32 Å². The average Bonchev–Trinajstić information content (AvgIpc) is 2.74. The van der Waals surface area contributed by atoms with Gasteiger partial charge >= 0.3 is 12.0 Å². The van der Waals surface area contributed by atoms with E-state index in [2.05, 4.69) is 24.3 Å². The summed E-state index contributed by atoms with van der Waals surface area (Å²) in [7, 11) is 0. The number of thioether (sulfide) groups is 1. The molecule has 1 aromatic rings. The summed E-state index contributed by atoms with van der Waals surface area (Å²) in [6.45, 7) is 5.41. The van der Waals surface area contributed by atoms with Gasteiger partial charge in [0.25, 0.3) is 0 Å². The Morgan fingerprint density at radius 3 is 2.95 bits per heavy atom. The molecule has 0 radical (unpaired) electrons. The molecule has 7 nitrogen and oxygen atoms in total. The molecule has 0 saturated carbocycles. The maximum absolute atomic E-state index is 12.1. The number of hydrogen-bond donors (Lipinski definition) is 2. The fourth-order valence-electron chi connectivity index (χ4n) is 2.05. The van der Waals surface area contributed by atoms with Crippen LogP contribution in [0.5, 0.6) is 0 Å². The Bertz CT molecular complexity index is 515. The number of hydrogen-bond acceptors (Lipinski definition) is 4. The Labute approximate surface area is 121 Å². The summed E-state index contributed by atoms with van der Waals surface area (Å²) < 4.78 is 1.33. The molecule has 1 fully saturated rings. The molecule has 2 amide bonds. The largest absolute Gasteiger partial charge is 0.480 e. The molecule has 0 spiro atoms. The van der Waals surface area contributed by atoms with E-state index >= 15 is 0 Å². The lowest BCUT2D eigenvalue weighted by atomic mass is 10.2. The number of carboxylic acid groups (broad SMARTS) is 1. The normalized spacial score (nSPS) is 17.8. The first-order valence-corrected chi connectivity index (χ1v) is 7.28. The van der Waals surface area contributed by atoms with Gasteiger partial charge in [-0.15, -0.1) is 0 Å². The van der Waals surface area contributed by atoms with E-state index in [1.807, 2.05) is 11.8 Å². The molecule has 0 aromatic carbocycles. The molecule has 0 bridgehead atoms. The van der Waals surface area contributed by atoms with Crippen LogP contribution in [0.25, 0.3) is 0 Å². The zero-order valence-electron chi connectivity index (χ0n) is 11.5. The lowest BCUT2D eigenvalue weighted by Gasteiger charge is -2.37. The number of rotatable bonds is 3. The van der Waals surface area contributed by atoms with Gasteiger partial charge in [-0.3, -0.25) is 9.48 Å². The predicted octanol–water partition coefficient (Wildman–Crippen LogP) is 1.33. The van der Waals surface area contributed by atoms with Crippen molar-refractivity contribution in [2.45, 2.75) is 25.1 Å². The van der Waals surface area contributed by atoms with Crippen LogP contribution in [-0.4, -0.2) is 55.4 Å². The quantitative estimate of drug-likeness (QED) is 0.879. The van der Waals surface area contributed by atoms with Crippen LogP contribution in [0.15, 0.2) is 12.4 Å². The molecule has 1 aromatic heterocycles. The van der Waals surface area contributed by atoms with Crippen LogP contribution in [-0.2, 0) is 11.3 Å². The number of nitrogens with one attached hydrogen (secondary N) is 1. The van der Waals surface area contributed by atoms with Crippen molar-refractivity contribution in [3.8, 4) is 0 Å². The Morgan fingerprint density at radius 2 is 2.30 bits per heavy atom. The first-order valence-electron chi connectivity index (χ1n) is 6.30. The smallest absolute Gasteiger partial charge is 0.325 e. The van der Waals surface area contributed by atoms with Crippen LogP contribution in [0.3, 0.4) is 0 Å². The van der Waals surface area contributed by atoms with Crippen LogP contribution in [0.4, 0.5) is 10.5 Å². The topological polar surface area (TPSA) is 87.5 Å². The number of carboxylic acids is 1. The highest BCUT2D eigenvalue weighted by molar-refractivity contribution is 8.00. The summed E-state index contributed by atoms with van der Waals surface area (Å²) in [5.41, 5.74) is 0.507. The number of nitrogens with zero attached hydrogens (tertiary/aromatic N) is 3. The van der Waals surface area contributed by atoms with Gasteiger partial charge in [0.2, 0.25) is 0 Å². The summed E-state index contributed by atoms with van der Waals surface area (Å²) in [6, 6.07) is -0.173. The van der Waals surface area contributed by atoms with Gasteiger partial charge in [0.05, 0.1) is 11.9 Å². The van der Waals surface area contributed by atoms with Gasteiger partial charge < -0.3 is 15.3 Å². The van der Waals surface area contributed by atoms with Gasteiger partial charge in [0.15, 0.2) is 0 Å². The summed E-state index contributed by atoms with van der Waals surface area (Å²) in [4.78, 5) is 24.5. The molecular formula is C12H18N4O3S. The highest BCUT2D eigenvalue weighted by Crippen LogP contribution is 2.29. The highest BCUT2D eigenvalue weighted by Gasteiger charge is 2.29. The molecule has 1 aliphatic heterocycles. The monoisotopic (exact) mass is 298 g/mol. The maximum atomic E-state index is 12.1. The van der Waals surface area contributed by atoms with Gasteiger partial charge in [0, 0.05) is 29.8 Å². The Kier molecular flexibility index (Phi) is 4.22. The molecule has 0 atom stereocenters. The first kappa shape index (κ1) is 14.7. The molecule has 2 heterocycles. The standard InChI is InChI=1S/C12H18N4O3S/c1-12(2)8-15(3-4-20-12)11(19)14-9-5-13-16(6-9)7-10(17)18/h5-6H,3-4,7-8H2,1-2H3,(H,14,19)(H,17,18). The number of carbonyl (C=O) groups is 2. The van der Waals surface area contributed by atoms with Crippen LogP contribution in [0, 0.1) is 0 Å². The molecule has 110 valence electrons. The second-order valence-electron chi connectivity index (χ2n) is 5.28. The van der Waals surface area contributed by atoms with Crippen molar-refractivity contribution in [1.82, 2.24) is 14.7 Å². The third-order valence-corrected chi connectivity index (χ3v) is 4.19. The second-order valence-corrected chi connectivity index (χ2v) is 7.08. The third-order valence-electron chi connectivity index (χ3n) is 2.89. The van der Waals surface area contributed by atoms with E-state index in [0.717, 1.165) is 5.75 Å². The van der Waals surface area contributed by atoms with E-state index in [1.54, 1.807) is 4.90 Å². The van der Waals surface area contributed by atoms with Crippen molar-refractivity contribution < 1.29 is 14.7 Å². The highest BCUT2D eigenvalue weighted by atomic mass is 32.2. The van der Waals surface area contributed by atoms with Crippen LogP contribution >= 0.6 is 11.8 Å². The van der Waals surface area contributed by atoms with Crippen LogP contribution in [0.2, 0.25) is 0 Å². The molecule has 0 aliphatic carbocycles. The van der Waals surface area contributed by atoms with Gasteiger partial charge in [-0.25, -0.2) is 4.79 Å². The lowest BCUT2D eigenvalue weighted by Crippen LogP contribution is -2.47. The van der Waals surface area contributed by atoms with Crippen molar-refractivity contribution in [3.05, 3.63) is 12.4 Å². The summed E-state index contributed by atoms with van der Waals surface area (Å²) >= 11 is 1.86. The third kappa shape index (κ3) is 3.89. The van der Waals surface area contributed by atoms with E-state index in [1.165, 1.54) is 17.1 Å². The lowest BCUT2D eigenvalue weighted by molar-refractivity contribution is -0.137. The molecule has 0 unspecified atom stereocenters. The Hall–Kier alpha value is -1.70. The minimum atomic E-state index is -0.971. The SMILES string of the molecule is CC1(C)CN(C(=O)Nc2cnn(CC(=O)O)c2)CCS1. The Morgan fingerprint density at radius 1 is 1.55 bits per heavy atom. The van der Waals surface area contributed by atoms with Crippen molar-refractivity contribution in [1.29, 1.82) is 0 Å². The van der Waals surface area contributed by atoms with Crippen molar-refractivity contribution in [2.75, 3.05) is 24.2 Å². The zero-order valence-corrected chi connectivity index (χ0v) is 12.3. The predicted molar refractivity (Wildman–Crippen MR) is 77.0 cm³/mol. The van der Waals surface area contributed by atoms with Gasteiger partial charge in [-0.1, -0.05) is 0 Å². The average molecular weight is 298 g/mol. The van der Waals surface area contributed by atoms with Crippen molar-refractivity contribution >= 4 is 29.4 Å².